The summed E-state index contributed by atoms with van der Waals surface area (Å²) in [6.45, 7) is 9.31. The first-order valence-corrected chi connectivity index (χ1v) is 10.5. The van der Waals surface area contributed by atoms with Gasteiger partial charge in [0.15, 0.2) is 0 Å². The molecule has 0 fully saturated rings. The molecule has 0 aliphatic rings. The molecule has 7 nitrogen and oxygen atoms in total. The van der Waals surface area contributed by atoms with Crippen molar-refractivity contribution >= 4 is 5.82 Å². The number of aromatic nitrogens is 6. The Labute approximate surface area is 179 Å². The molecule has 0 amide bonds. The second-order valence-corrected chi connectivity index (χ2v) is 8.26. The Morgan fingerprint density at radius 1 is 0.867 bits per heavy atom. The fraction of sp³-hybridized carbons (Fsp3) is 0.478. The van der Waals surface area contributed by atoms with E-state index in [-0.39, 0.29) is 0 Å². The van der Waals surface area contributed by atoms with Gasteiger partial charge < -0.3 is 4.90 Å². The summed E-state index contributed by atoms with van der Waals surface area (Å²) in [5, 5.41) is 0. The molecule has 0 saturated heterocycles. The van der Waals surface area contributed by atoms with E-state index in [0.29, 0.717) is 24.3 Å². The Bertz CT molecular complexity index is 930. The maximum absolute atomic E-state index is 4.83. The Morgan fingerprint density at radius 2 is 1.60 bits per heavy atom. The Kier molecular flexibility index (Phi) is 7.38. The van der Waals surface area contributed by atoms with Crippen molar-refractivity contribution < 1.29 is 0 Å². The van der Waals surface area contributed by atoms with Crippen LogP contribution in [0, 0.1) is 0 Å². The van der Waals surface area contributed by atoms with Crippen molar-refractivity contribution in [2.45, 2.75) is 64.8 Å². The summed E-state index contributed by atoms with van der Waals surface area (Å²) in [5.74, 6) is 2.83. The van der Waals surface area contributed by atoms with Gasteiger partial charge in [-0.15, -0.1) is 0 Å². The summed E-state index contributed by atoms with van der Waals surface area (Å²) in [4.78, 5) is 28.4. The highest BCUT2D eigenvalue weighted by Crippen LogP contribution is 2.26. The zero-order valence-electron chi connectivity index (χ0n) is 18.5. The van der Waals surface area contributed by atoms with E-state index in [4.69, 9.17) is 4.98 Å². The Balaban J connectivity index is 1.61. The lowest BCUT2D eigenvalue weighted by molar-refractivity contribution is 0.560. The molecule has 7 heteroatoms. The molecule has 158 valence electrons. The third-order valence-electron chi connectivity index (χ3n) is 5.45. The van der Waals surface area contributed by atoms with Crippen molar-refractivity contribution in [1.82, 2.24) is 29.9 Å². The molecule has 0 aromatic carbocycles. The van der Waals surface area contributed by atoms with E-state index in [1.54, 1.807) is 12.7 Å². The van der Waals surface area contributed by atoms with Gasteiger partial charge in [-0.2, -0.15) is 0 Å². The van der Waals surface area contributed by atoms with E-state index in [2.05, 4.69) is 57.5 Å². The number of rotatable bonds is 9. The average Bonchev–Trinajstić information content (AvgIpc) is 2.78. The first kappa shape index (κ1) is 21.7. The number of hydrogen-bond donors (Lipinski definition) is 0. The van der Waals surface area contributed by atoms with Crippen LogP contribution in [0.4, 0.5) is 5.82 Å². The van der Waals surface area contributed by atoms with Crippen LogP contribution < -0.4 is 4.90 Å². The zero-order valence-corrected chi connectivity index (χ0v) is 18.5. The highest BCUT2D eigenvalue weighted by Gasteiger charge is 2.14. The minimum absolute atomic E-state index is 0.357. The van der Waals surface area contributed by atoms with Gasteiger partial charge in [0.2, 0.25) is 0 Å². The van der Waals surface area contributed by atoms with Crippen molar-refractivity contribution in [2.75, 3.05) is 11.9 Å². The first-order valence-electron chi connectivity index (χ1n) is 10.5. The van der Waals surface area contributed by atoms with Crippen LogP contribution in [0.25, 0.3) is 0 Å². The third kappa shape index (κ3) is 5.78. The molecule has 0 bridgehead atoms. The largest absolute Gasteiger partial charge is 0.352 e. The van der Waals surface area contributed by atoms with E-state index in [1.165, 1.54) is 5.56 Å². The van der Waals surface area contributed by atoms with Gasteiger partial charge in [-0.3, -0.25) is 0 Å². The van der Waals surface area contributed by atoms with Crippen LogP contribution in [0.2, 0.25) is 0 Å². The predicted molar refractivity (Wildman–Crippen MR) is 118 cm³/mol. The van der Waals surface area contributed by atoms with Crippen LogP contribution in [0.5, 0.6) is 0 Å². The Hall–Kier alpha value is -2.96. The monoisotopic (exact) mass is 405 g/mol. The summed E-state index contributed by atoms with van der Waals surface area (Å²) in [7, 11) is 2.01. The predicted octanol–water partition coefficient (Wildman–Crippen LogP) is 4.50. The SMILES string of the molecule is CC(C)c1cc(N(C)Cc2nccc(C(C)CCC(C)c3cncnc3)n2)ncn1. The summed E-state index contributed by atoms with van der Waals surface area (Å²) >= 11 is 0. The van der Waals surface area contributed by atoms with Crippen LogP contribution in [-0.2, 0) is 6.54 Å². The molecule has 3 heterocycles. The van der Waals surface area contributed by atoms with Crippen molar-refractivity contribution in [3.05, 3.63) is 66.2 Å². The standard InChI is InChI=1S/C23H31N7/c1-16(2)21-10-23(28-15-27-21)30(5)13-22-26-9-8-20(29-22)18(4)7-6-17(3)19-11-24-14-25-12-19/h8-12,14-18H,6-7,13H2,1-5H3. The second kappa shape index (κ2) is 10.2. The van der Waals surface area contributed by atoms with Crippen molar-refractivity contribution in [1.29, 1.82) is 0 Å². The molecular weight excluding hydrogens is 374 g/mol. The van der Waals surface area contributed by atoms with Gasteiger partial charge in [-0.1, -0.05) is 27.7 Å². The topological polar surface area (TPSA) is 80.6 Å². The lowest BCUT2D eigenvalue weighted by Crippen LogP contribution is -2.20. The third-order valence-corrected chi connectivity index (χ3v) is 5.45. The van der Waals surface area contributed by atoms with Gasteiger partial charge >= 0.3 is 0 Å². The highest BCUT2D eigenvalue weighted by molar-refractivity contribution is 5.38. The van der Waals surface area contributed by atoms with Crippen LogP contribution in [0.3, 0.4) is 0 Å². The molecule has 3 aromatic rings. The van der Waals surface area contributed by atoms with Gasteiger partial charge in [0, 0.05) is 43.1 Å². The first-order chi connectivity index (χ1) is 14.4. The van der Waals surface area contributed by atoms with Gasteiger partial charge in [0.1, 0.15) is 24.3 Å². The maximum atomic E-state index is 4.83. The Morgan fingerprint density at radius 3 is 2.33 bits per heavy atom. The average molecular weight is 406 g/mol. The number of anilines is 1. The number of hydrogen-bond acceptors (Lipinski definition) is 7. The molecule has 0 saturated carbocycles. The molecule has 30 heavy (non-hydrogen) atoms. The molecule has 0 aliphatic heterocycles. The van der Waals surface area contributed by atoms with Crippen molar-refractivity contribution in [2.24, 2.45) is 0 Å². The maximum Gasteiger partial charge on any atom is 0.147 e. The summed E-state index contributed by atoms with van der Waals surface area (Å²) in [5.41, 5.74) is 3.30. The van der Waals surface area contributed by atoms with Gasteiger partial charge in [-0.05, 0) is 42.2 Å². The van der Waals surface area contributed by atoms with Crippen LogP contribution in [0.1, 0.15) is 81.1 Å². The lowest BCUT2D eigenvalue weighted by atomic mass is 9.92. The molecular formula is C23H31N7. The van der Waals surface area contributed by atoms with E-state index in [1.807, 2.05) is 37.8 Å². The molecule has 3 rings (SSSR count). The van der Waals surface area contributed by atoms with Gasteiger partial charge in [0.05, 0.1) is 6.54 Å². The van der Waals surface area contributed by atoms with Crippen LogP contribution in [-0.4, -0.2) is 37.0 Å². The summed E-state index contributed by atoms with van der Waals surface area (Å²) < 4.78 is 0. The molecule has 2 atom stereocenters. The van der Waals surface area contributed by atoms with E-state index < -0.39 is 0 Å². The van der Waals surface area contributed by atoms with Crippen molar-refractivity contribution in [3.63, 3.8) is 0 Å². The lowest BCUT2D eigenvalue weighted by Gasteiger charge is -2.19. The smallest absolute Gasteiger partial charge is 0.147 e. The van der Waals surface area contributed by atoms with Crippen LogP contribution >= 0.6 is 0 Å². The molecule has 0 N–H and O–H groups in total. The van der Waals surface area contributed by atoms with Gasteiger partial charge in [-0.25, -0.2) is 29.9 Å². The minimum Gasteiger partial charge on any atom is -0.352 e. The quantitative estimate of drug-likeness (QED) is 0.518. The fourth-order valence-corrected chi connectivity index (χ4v) is 3.32. The normalized spacial score (nSPS) is 13.3. The molecule has 0 spiro atoms. The fourth-order valence-electron chi connectivity index (χ4n) is 3.32. The van der Waals surface area contributed by atoms with Crippen LogP contribution in [0.15, 0.2) is 43.4 Å². The summed E-state index contributed by atoms with van der Waals surface area (Å²) in [6, 6.07) is 4.05. The van der Waals surface area contributed by atoms with E-state index in [9.17, 15) is 0 Å². The van der Waals surface area contributed by atoms with E-state index in [0.717, 1.165) is 35.9 Å². The van der Waals surface area contributed by atoms with Crippen molar-refractivity contribution in [3.8, 4) is 0 Å². The van der Waals surface area contributed by atoms with Gasteiger partial charge in [0.25, 0.3) is 0 Å². The number of nitrogens with zero attached hydrogens (tertiary/aromatic N) is 7. The minimum atomic E-state index is 0.357. The molecule has 0 aliphatic carbocycles. The second-order valence-electron chi connectivity index (χ2n) is 8.26. The van der Waals surface area contributed by atoms with E-state index >= 15 is 0 Å². The zero-order chi connectivity index (χ0) is 21.5. The highest BCUT2D eigenvalue weighted by atomic mass is 15.2. The molecule has 2 unspecified atom stereocenters. The summed E-state index contributed by atoms with van der Waals surface area (Å²) in [6.07, 6.45) is 11.0. The molecule has 3 aromatic heterocycles. The molecule has 0 radical (unpaired) electrons.